The van der Waals surface area contributed by atoms with E-state index in [4.69, 9.17) is 9.47 Å². The fourth-order valence-corrected chi connectivity index (χ4v) is 5.79. The third kappa shape index (κ3) is 6.52. The van der Waals surface area contributed by atoms with E-state index in [1.54, 1.807) is 26.0 Å². The minimum Gasteiger partial charge on any atom is -0.493 e. The maximum Gasteiger partial charge on any atom is 0.310 e. The van der Waals surface area contributed by atoms with Crippen LogP contribution in [-0.2, 0) is 26.0 Å². The molecule has 3 nitrogen and oxygen atoms in total. The Hall–Kier alpha value is -3.57. The third-order valence-electron chi connectivity index (χ3n) is 5.48. The van der Waals surface area contributed by atoms with E-state index in [0.29, 0.717) is 11.3 Å². The Kier molecular flexibility index (Phi) is 7.88. The van der Waals surface area contributed by atoms with Gasteiger partial charge in [-0.25, -0.2) is 4.39 Å². The number of halogens is 1. The number of carbonyl (C=O) groups excluding carboxylic acids is 1. The highest BCUT2D eigenvalue weighted by Crippen LogP contribution is 2.32. The standard InChI is InChI=1S/C30H28FO3S/c1-30(2,23-10-9-11-24(31)22-23)34-29(32)20-21-33-25-16-18-28(19-17-25)35(26-12-5-3-6-13-26)27-14-7-4-8-15-27/h3-19,22H,20-21H2,1-2H3/q+1. The maximum atomic E-state index is 13.5. The van der Waals surface area contributed by atoms with E-state index >= 15 is 0 Å². The highest BCUT2D eigenvalue weighted by molar-refractivity contribution is 7.97. The first kappa shape index (κ1) is 24.6. The topological polar surface area (TPSA) is 35.5 Å². The molecule has 4 aromatic carbocycles. The van der Waals surface area contributed by atoms with E-state index in [-0.39, 0.29) is 29.7 Å². The molecule has 0 aliphatic heterocycles. The van der Waals surface area contributed by atoms with Crippen molar-refractivity contribution in [2.24, 2.45) is 0 Å². The van der Waals surface area contributed by atoms with Crippen LogP contribution in [0, 0.1) is 5.82 Å². The summed E-state index contributed by atoms with van der Waals surface area (Å²) in [5.74, 6) is -0.0676. The van der Waals surface area contributed by atoms with Crippen molar-refractivity contribution in [1.82, 2.24) is 0 Å². The van der Waals surface area contributed by atoms with Gasteiger partial charge in [0.25, 0.3) is 0 Å². The van der Waals surface area contributed by atoms with Crippen molar-refractivity contribution in [2.75, 3.05) is 6.61 Å². The number of ether oxygens (including phenoxy) is 2. The SMILES string of the molecule is CC(C)(OC(=O)CCOc1ccc([S+](c2ccccc2)c2ccccc2)cc1)c1cccc(F)c1. The van der Waals surface area contributed by atoms with Gasteiger partial charge >= 0.3 is 5.97 Å². The molecule has 4 rings (SSSR count). The summed E-state index contributed by atoms with van der Waals surface area (Å²) < 4.78 is 24.9. The molecule has 0 saturated carbocycles. The van der Waals surface area contributed by atoms with Crippen LogP contribution >= 0.6 is 0 Å². The Labute approximate surface area is 208 Å². The monoisotopic (exact) mass is 487 g/mol. The Morgan fingerprint density at radius 1 is 0.771 bits per heavy atom. The molecule has 0 N–H and O–H groups in total. The molecular formula is C30H28FO3S+. The lowest BCUT2D eigenvalue weighted by molar-refractivity contribution is -0.158. The highest BCUT2D eigenvalue weighted by atomic mass is 32.2. The van der Waals surface area contributed by atoms with Crippen LogP contribution in [0.5, 0.6) is 5.75 Å². The van der Waals surface area contributed by atoms with Gasteiger partial charge in [-0.1, -0.05) is 48.5 Å². The van der Waals surface area contributed by atoms with E-state index < -0.39 is 11.6 Å². The van der Waals surface area contributed by atoms with Crippen LogP contribution in [0.15, 0.2) is 124 Å². The summed E-state index contributed by atoms with van der Waals surface area (Å²) in [6, 6.07) is 35.0. The van der Waals surface area contributed by atoms with Gasteiger partial charge in [0, 0.05) is 0 Å². The molecule has 4 aromatic rings. The van der Waals surface area contributed by atoms with Crippen molar-refractivity contribution in [3.8, 4) is 5.75 Å². The fourth-order valence-electron chi connectivity index (χ4n) is 3.70. The van der Waals surface area contributed by atoms with Crippen LogP contribution in [0.4, 0.5) is 4.39 Å². The number of carbonyl (C=O) groups is 1. The van der Waals surface area contributed by atoms with Gasteiger partial charge in [-0.3, -0.25) is 4.79 Å². The van der Waals surface area contributed by atoms with Crippen LogP contribution in [0.2, 0.25) is 0 Å². The average Bonchev–Trinajstić information content (AvgIpc) is 2.86. The molecule has 178 valence electrons. The van der Waals surface area contributed by atoms with E-state index in [9.17, 15) is 9.18 Å². The van der Waals surface area contributed by atoms with Gasteiger partial charge in [0.1, 0.15) is 17.2 Å². The first-order valence-corrected chi connectivity index (χ1v) is 12.7. The molecule has 0 radical (unpaired) electrons. The second-order valence-electron chi connectivity index (χ2n) is 8.50. The molecule has 0 aliphatic rings. The molecule has 0 fully saturated rings. The zero-order chi connectivity index (χ0) is 24.7. The van der Waals surface area contributed by atoms with E-state index in [1.807, 2.05) is 24.3 Å². The minimum absolute atomic E-state index is 0.0961. The normalized spacial score (nSPS) is 11.3. The summed E-state index contributed by atoms with van der Waals surface area (Å²) in [5.41, 5.74) is -0.319. The molecule has 0 heterocycles. The first-order chi connectivity index (χ1) is 16.9. The second kappa shape index (κ2) is 11.2. The zero-order valence-electron chi connectivity index (χ0n) is 19.8. The molecular weight excluding hydrogens is 459 g/mol. The second-order valence-corrected chi connectivity index (χ2v) is 10.5. The number of hydrogen-bond donors (Lipinski definition) is 0. The predicted octanol–water partition coefficient (Wildman–Crippen LogP) is 7.17. The van der Waals surface area contributed by atoms with Gasteiger partial charge < -0.3 is 9.47 Å². The van der Waals surface area contributed by atoms with Crippen molar-refractivity contribution in [2.45, 2.75) is 40.6 Å². The molecule has 0 unspecified atom stereocenters. The molecule has 0 aliphatic carbocycles. The van der Waals surface area contributed by atoms with Crippen molar-refractivity contribution in [1.29, 1.82) is 0 Å². The Morgan fingerprint density at radius 2 is 1.34 bits per heavy atom. The molecule has 0 amide bonds. The Balaban J connectivity index is 1.37. The molecule has 0 spiro atoms. The lowest BCUT2D eigenvalue weighted by Gasteiger charge is -2.25. The molecule has 5 heteroatoms. The first-order valence-electron chi connectivity index (χ1n) is 11.5. The summed E-state index contributed by atoms with van der Waals surface area (Å²) in [5, 5.41) is 0. The third-order valence-corrected chi connectivity index (χ3v) is 7.71. The van der Waals surface area contributed by atoms with Crippen LogP contribution in [0.25, 0.3) is 0 Å². The molecule has 0 bridgehead atoms. The van der Waals surface area contributed by atoms with E-state index in [0.717, 1.165) is 0 Å². The Morgan fingerprint density at radius 3 is 1.91 bits per heavy atom. The van der Waals surface area contributed by atoms with Gasteiger partial charge in [-0.2, -0.15) is 0 Å². The minimum atomic E-state index is -0.925. The Bertz CT molecular complexity index is 1200. The summed E-state index contributed by atoms with van der Waals surface area (Å²) >= 11 is 0. The van der Waals surface area contributed by atoms with Crippen LogP contribution < -0.4 is 4.74 Å². The lowest BCUT2D eigenvalue weighted by Crippen LogP contribution is -2.26. The van der Waals surface area contributed by atoms with Crippen molar-refractivity contribution in [3.63, 3.8) is 0 Å². The van der Waals surface area contributed by atoms with E-state index in [2.05, 4.69) is 60.7 Å². The van der Waals surface area contributed by atoms with E-state index in [1.165, 1.54) is 26.8 Å². The summed E-state index contributed by atoms with van der Waals surface area (Å²) in [6.45, 7) is 3.69. The zero-order valence-corrected chi connectivity index (χ0v) is 20.6. The number of esters is 1. The summed E-state index contributed by atoms with van der Waals surface area (Å²) in [4.78, 5) is 16.0. The van der Waals surface area contributed by atoms with Crippen molar-refractivity contribution < 1.29 is 18.7 Å². The summed E-state index contributed by atoms with van der Waals surface area (Å²) in [6.07, 6.45) is 0.0961. The van der Waals surface area contributed by atoms with Gasteiger partial charge in [-0.15, -0.1) is 0 Å². The summed E-state index contributed by atoms with van der Waals surface area (Å²) in [7, 11) is -0.224. The van der Waals surface area contributed by atoms with Crippen molar-refractivity contribution in [3.05, 3.63) is 121 Å². The van der Waals surface area contributed by atoms with Crippen LogP contribution in [-0.4, -0.2) is 12.6 Å². The van der Waals surface area contributed by atoms with Crippen molar-refractivity contribution >= 4 is 16.9 Å². The van der Waals surface area contributed by atoms with Crippen LogP contribution in [0.1, 0.15) is 25.8 Å². The van der Waals surface area contributed by atoms with Gasteiger partial charge in [0.15, 0.2) is 14.7 Å². The fraction of sp³-hybridized carbons (Fsp3) is 0.167. The lowest BCUT2D eigenvalue weighted by atomic mass is 9.98. The maximum absolute atomic E-state index is 13.5. The number of benzene rings is 4. The number of rotatable bonds is 9. The van der Waals surface area contributed by atoms with Crippen LogP contribution in [0.3, 0.4) is 0 Å². The highest BCUT2D eigenvalue weighted by Gasteiger charge is 2.28. The van der Waals surface area contributed by atoms with Gasteiger partial charge in [0.2, 0.25) is 0 Å². The predicted molar refractivity (Wildman–Crippen MR) is 137 cm³/mol. The average molecular weight is 488 g/mol. The smallest absolute Gasteiger partial charge is 0.310 e. The molecule has 0 atom stereocenters. The number of hydrogen-bond acceptors (Lipinski definition) is 3. The van der Waals surface area contributed by atoms with Gasteiger partial charge in [-0.05, 0) is 80.1 Å². The largest absolute Gasteiger partial charge is 0.493 e. The van der Waals surface area contributed by atoms with Gasteiger partial charge in [0.05, 0.1) is 23.9 Å². The quantitative estimate of drug-likeness (QED) is 0.185. The molecule has 0 aromatic heterocycles. The molecule has 0 saturated heterocycles. The molecule has 35 heavy (non-hydrogen) atoms.